The number of aryl methyl sites for hydroxylation is 2. The zero-order valence-corrected chi connectivity index (χ0v) is 20.1. The number of nitrogens with zero attached hydrogens (tertiary/aromatic N) is 2. The number of hydrogen-bond donors (Lipinski definition) is 0. The molecule has 2 aromatic carbocycles. The average molecular weight is 467 g/mol. The van der Waals surface area contributed by atoms with Crippen molar-refractivity contribution in [3.8, 4) is 0 Å². The van der Waals surface area contributed by atoms with Crippen molar-refractivity contribution in [3.05, 3.63) is 65.2 Å². The van der Waals surface area contributed by atoms with Crippen LogP contribution in [0.1, 0.15) is 61.1 Å². The summed E-state index contributed by atoms with van der Waals surface area (Å²) in [6.45, 7) is 2.45. The van der Waals surface area contributed by atoms with Crippen LogP contribution in [0.15, 0.2) is 53.4 Å². The summed E-state index contributed by atoms with van der Waals surface area (Å²) in [5.74, 6) is 0.680. The zero-order valence-electron chi connectivity index (χ0n) is 19.3. The maximum absolute atomic E-state index is 13.3. The van der Waals surface area contributed by atoms with E-state index >= 15 is 0 Å². The molecule has 1 aliphatic carbocycles. The van der Waals surface area contributed by atoms with Gasteiger partial charge in [-0.2, -0.15) is 4.31 Å². The summed E-state index contributed by atoms with van der Waals surface area (Å²) >= 11 is 0. The Bertz CT molecular complexity index is 1080. The Morgan fingerprint density at radius 1 is 0.788 bits per heavy atom. The second-order valence-electron chi connectivity index (χ2n) is 9.83. The van der Waals surface area contributed by atoms with E-state index in [9.17, 15) is 13.2 Å². The number of piperidine rings is 2. The minimum atomic E-state index is -3.50. The van der Waals surface area contributed by atoms with Gasteiger partial charge in [0.25, 0.3) is 0 Å². The molecule has 5 rings (SSSR count). The first-order valence-corrected chi connectivity index (χ1v) is 13.9. The predicted molar refractivity (Wildman–Crippen MR) is 130 cm³/mol. The fraction of sp³-hybridized carbons (Fsp3) is 0.519. The summed E-state index contributed by atoms with van der Waals surface area (Å²) in [5, 5.41) is 0. The minimum absolute atomic E-state index is 0.0618. The van der Waals surface area contributed by atoms with Crippen LogP contribution in [0.3, 0.4) is 0 Å². The summed E-state index contributed by atoms with van der Waals surface area (Å²) in [6.07, 6.45) is 7.56. The Hall–Kier alpha value is -2.18. The molecule has 6 heteroatoms. The molecule has 0 bridgehead atoms. The molecule has 2 aromatic rings. The monoisotopic (exact) mass is 466 g/mol. The van der Waals surface area contributed by atoms with Crippen LogP contribution in [0, 0.1) is 5.92 Å². The van der Waals surface area contributed by atoms with E-state index in [0.717, 1.165) is 45.2 Å². The lowest BCUT2D eigenvalue weighted by atomic mass is 9.88. The maximum atomic E-state index is 13.3. The van der Waals surface area contributed by atoms with Crippen molar-refractivity contribution in [2.45, 2.75) is 62.2 Å². The number of benzene rings is 2. The van der Waals surface area contributed by atoms with Gasteiger partial charge in [-0.15, -0.1) is 0 Å². The average Bonchev–Trinajstić information content (AvgIpc) is 2.88. The molecule has 1 amide bonds. The summed E-state index contributed by atoms with van der Waals surface area (Å²) in [4.78, 5) is 15.6. The lowest BCUT2D eigenvalue weighted by molar-refractivity contribution is -0.137. The number of rotatable bonds is 4. The van der Waals surface area contributed by atoms with Crippen LogP contribution < -0.4 is 0 Å². The highest BCUT2D eigenvalue weighted by molar-refractivity contribution is 7.89. The first-order chi connectivity index (χ1) is 16.0. The Labute approximate surface area is 197 Å². The van der Waals surface area contributed by atoms with Crippen LogP contribution >= 0.6 is 0 Å². The van der Waals surface area contributed by atoms with Crippen LogP contribution in [0.2, 0.25) is 0 Å². The quantitative estimate of drug-likeness (QED) is 0.672. The topological polar surface area (TPSA) is 57.7 Å². The third-order valence-corrected chi connectivity index (χ3v) is 9.73. The standard InChI is InChI=1S/C27H34N2O3S/c30-27(28-16-12-23(13-17-28)21-6-2-1-3-7-21)24-14-18-29(19-15-24)33(31,32)26-11-10-22-8-4-5-9-25(22)20-26/h1-3,6-7,10-11,20,23-24H,4-5,8-9,12-19H2. The van der Waals surface area contributed by atoms with E-state index in [2.05, 4.69) is 24.3 Å². The Balaban J connectivity index is 1.17. The highest BCUT2D eigenvalue weighted by Gasteiger charge is 2.35. The molecule has 0 N–H and O–H groups in total. The van der Waals surface area contributed by atoms with Crippen molar-refractivity contribution in [2.24, 2.45) is 5.92 Å². The summed E-state index contributed by atoms with van der Waals surface area (Å²) in [7, 11) is -3.50. The van der Waals surface area contributed by atoms with Crippen molar-refractivity contribution in [1.29, 1.82) is 0 Å². The van der Waals surface area contributed by atoms with Crippen molar-refractivity contribution in [3.63, 3.8) is 0 Å². The fourth-order valence-corrected chi connectivity index (χ4v) is 7.30. The third-order valence-electron chi connectivity index (χ3n) is 7.84. The molecule has 3 aliphatic rings. The van der Waals surface area contributed by atoms with E-state index < -0.39 is 10.0 Å². The first-order valence-electron chi connectivity index (χ1n) is 12.5. The molecule has 33 heavy (non-hydrogen) atoms. The Morgan fingerprint density at radius 2 is 1.45 bits per heavy atom. The molecule has 0 radical (unpaired) electrons. The summed E-state index contributed by atoms with van der Waals surface area (Å²) < 4.78 is 28.1. The van der Waals surface area contributed by atoms with Gasteiger partial charge < -0.3 is 4.90 Å². The van der Waals surface area contributed by atoms with Gasteiger partial charge in [-0.05, 0) is 86.1 Å². The van der Waals surface area contributed by atoms with Gasteiger partial charge in [0.2, 0.25) is 15.9 Å². The third kappa shape index (κ3) is 4.73. The molecule has 0 unspecified atom stereocenters. The molecule has 0 spiro atoms. The lowest BCUT2D eigenvalue weighted by Gasteiger charge is -2.37. The van der Waals surface area contributed by atoms with E-state index in [1.165, 1.54) is 23.1 Å². The molecule has 0 saturated carbocycles. The molecular weight excluding hydrogens is 432 g/mol. The molecule has 176 valence electrons. The molecule has 5 nitrogen and oxygen atoms in total. The van der Waals surface area contributed by atoms with Crippen molar-refractivity contribution < 1.29 is 13.2 Å². The van der Waals surface area contributed by atoms with E-state index in [1.54, 1.807) is 10.4 Å². The number of fused-ring (bicyclic) bond motifs is 1. The van der Waals surface area contributed by atoms with Crippen LogP contribution in [0.4, 0.5) is 0 Å². The highest BCUT2D eigenvalue weighted by atomic mass is 32.2. The summed E-state index contributed by atoms with van der Waals surface area (Å²) in [6, 6.07) is 16.2. The molecule has 0 atom stereocenters. The Kier molecular flexibility index (Phi) is 6.57. The molecule has 2 saturated heterocycles. The number of likely N-dealkylation sites (tertiary alicyclic amines) is 1. The van der Waals surface area contributed by atoms with Crippen LogP contribution in [-0.2, 0) is 27.7 Å². The van der Waals surface area contributed by atoms with Crippen molar-refractivity contribution >= 4 is 15.9 Å². The largest absolute Gasteiger partial charge is 0.342 e. The van der Waals surface area contributed by atoms with Gasteiger partial charge in [-0.3, -0.25) is 4.79 Å². The molecule has 2 heterocycles. The van der Waals surface area contributed by atoms with Gasteiger partial charge >= 0.3 is 0 Å². The Morgan fingerprint density at radius 3 is 2.15 bits per heavy atom. The fourth-order valence-electron chi connectivity index (χ4n) is 5.78. The number of amides is 1. The molecule has 0 aromatic heterocycles. The normalized spacial score (nSPS) is 21.0. The van der Waals surface area contributed by atoms with Crippen molar-refractivity contribution in [1.82, 2.24) is 9.21 Å². The number of sulfonamides is 1. The van der Waals surface area contributed by atoms with E-state index in [-0.39, 0.29) is 11.8 Å². The van der Waals surface area contributed by atoms with Gasteiger partial charge in [0, 0.05) is 32.1 Å². The van der Waals surface area contributed by atoms with Crippen LogP contribution in [0.25, 0.3) is 0 Å². The predicted octanol–water partition coefficient (Wildman–Crippen LogP) is 4.37. The zero-order chi connectivity index (χ0) is 22.8. The number of carbonyl (C=O) groups excluding carboxylic acids is 1. The second kappa shape index (κ2) is 9.59. The van der Waals surface area contributed by atoms with E-state index in [1.807, 2.05) is 23.1 Å². The summed E-state index contributed by atoms with van der Waals surface area (Å²) in [5.41, 5.74) is 3.84. The minimum Gasteiger partial charge on any atom is -0.342 e. The van der Waals surface area contributed by atoms with Gasteiger partial charge in [0.15, 0.2) is 0 Å². The second-order valence-corrected chi connectivity index (χ2v) is 11.8. The van der Waals surface area contributed by atoms with E-state index in [4.69, 9.17) is 0 Å². The van der Waals surface area contributed by atoms with Gasteiger partial charge in [-0.1, -0.05) is 36.4 Å². The smallest absolute Gasteiger partial charge is 0.243 e. The van der Waals surface area contributed by atoms with Crippen LogP contribution in [0.5, 0.6) is 0 Å². The maximum Gasteiger partial charge on any atom is 0.243 e. The molecular formula is C27H34N2O3S. The van der Waals surface area contributed by atoms with Gasteiger partial charge in [0.1, 0.15) is 0 Å². The SMILES string of the molecule is O=C(C1CCN(S(=O)(=O)c2ccc3c(c2)CCCC3)CC1)N1CCC(c2ccccc2)CC1. The van der Waals surface area contributed by atoms with Crippen LogP contribution in [-0.4, -0.2) is 49.7 Å². The van der Waals surface area contributed by atoms with Gasteiger partial charge in [-0.25, -0.2) is 8.42 Å². The molecule has 2 aliphatic heterocycles. The lowest BCUT2D eigenvalue weighted by Crippen LogP contribution is -2.46. The van der Waals surface area contributed by atoms with E-state index in [0.29, 0.717) is 36.7 Å². The number of hydrogen-bond acceptors (Lipinski definition) is 3. The molecule has 2 fully saturated rings. The highest BCUT2D eigenvalue weighted by Crippen LogP contribution is 2.31. The number of carbonyl (C=O) groups is 1. The first kappa shape index (κ1) is 22.6. The van der Waals surface area contributed by atoms with Gasteiger partial charge in [0.05, 0.1) is 4.90 Å². The van der Waals surface area contributed by atoms with Crippen molar-refractivity contribution in [2.75, 3.05) is 26.2 Å².